The van der Waals surface area contributed by atoms with Crippen LogP contribution in [0.2, 0.25) is 0 Å². The summed E-state index contributed by atoms with van der Waals surface area (Å²) in [4.78, 5) is 18.2. The third-order valence-corrected chi connectivity index (χ3v) is 4.95. The summed E-state index contributed by atoms with van der Waals surface area (Å²) in [5.74, 6) is 0. The highest BCUT2D eigenvalue weighted by molar-refractivity contribution is 9.10. The van der Waals surface area contributed by atoms with Crippen molar-refractivity contribution in [2.45, 2.75) is 13.1 Å². The van der Waals surface area contributed by atoms with E-state index < -0.39 is 0 Å². The number of aromatic nitrogens is 2. The van der Waals surface area contributed by atoms with E-state index in [1.807, 2.05) is 12.1 Å². The van der Waals surface area contributed by atoms with Crippen molar-refractivity contribution < 1.29 is 4.90 Å². The number of hydrogen-bond donors (Lipinski definition) is 1. The van der Waals surface area contributed by atoms with Crippen LogP contribution in [-0.2, 0) is 13.1 Å². The molecule has 0 aliphatic rings. The summed E-state index contributed by atoms with van der Waals surface area (Å²) in [6.45, 7) is 1.58. The van der Waals surface area contributed by atoms with Gasteiger partial charge in [-0.3, -0.25) is 9.20 Å². The van der Waals surface area contributed by atoms with Crippen molar-refractivity contribution in [2.24, 2.45) is 0 Å². The zero-order chi connectivity index (χ0) is 18.1. The van der Waals surface area contributed by atoms with E-state index in [0.29, 0.717) is 12.2 Å². The monoisotopic (exact) mass is 408 g/mol. The van der Waals surface area contributed by atoms with Gasteiger partial charge in [0.15, 0.2) is 0 Å². The Morgan fingerprint density at radius 1 is 1.00 bits per heavy atom. The van der Waals surface area contributed by atoms with Gasteiger partial charge in [-0.2, -0.15) is 0 Å². The van der Waals surface area contributed by atoms with Crippen LogP contribution < -0.4 is 10.5 Å². The van der Waals surface area contributed by atoms with Gasteiger partial charge >= 0.3 is 0 Å². The first-order valence-corrected chi connectivity index (χ1v) is 9.35. The van der Waals surface area contributed by atoms with Crippen molar-refractivity contribution in [3.63, 3.8) is 0 Å². The standard InChI is InChI=1S/C21H18BrN3O/c1-24(12-15-6-7-16-4-2-3-5-17(16)10-15)14-19-11-21(26)25-13-18(22)8-9-20(25)23-19/h2-11,13H,12,14H2,1H3/p+1. The van der Waals surface area contributed by atoms with Crippen LogP contribution in [0.1, 0.15) is 11.3 Å². The Labute approximate surface area is 159 Å². The molecule has 0 aliphatic carbocycles. The van der Waals surface area contributed by atoms with Crippen LogP contribution >= 0.6 is 15.9 Å². The van der Waals surface area contributed by atoms with Crippen molar-refractivity contribution in [3.8, 4) is 0 Å². The highest BCUT2D eigenvalue weighted by Crippen LogP contribution is 2.15. The number of quaternary nitrogens is 1. The second kappa shape index (κ2) is 7.02. The maximum atomic E-state index is 12.3. The smallest absolute Gasteiger partial charge is 0.258 e. The van der Waals surface area contributed by atoms with Crippen LogP contribution in [0.5, 0.6) is 0 Å². The molecule has 0 saturated heterocycles. The largest absolute Gasteiger partial charge is 0.329 e. The summed E-state index contributed by atoms with van der Waals surface area (Å²) in [5, 5.41) is 2.51. The zero-order valence-electron chi connectivity index (χ0n) is 14.4. The lowest BCUT2D eigenvalue weighted by Gasteiger charge is -2.14. The Morgan fingerprint density at radius 3 is 2.65 bits per heavy atom. The van der Waals surface area contributed by atoms with Gasteiger partial charge in [-0.15, -0.1) is 0 Å². The summed E-state index contributed by atoms with van der Waals surface area (Å²) in [7, 11) is 2.13. The van der Waals surface area contributed by atoms with Gasteiger partial charge < -0.3 is 4.90 Å². The van der Waals surface area contributed by atoms with Crippen molar-refractivity contribution in [3.05, 3.63) is 92.9 Å². The Hall–Kier alpha value is -2.50. The molecule has 1 atom stereocenters. The lowest BCUT2D eigenvalue weighted by molar-refractivity contribution is -0.908. The number of fused-ring (bicyclic) bond motifs is 2. The van der Waals surface area contributed by atoms with Gasteiger partial charge in [-0.1, -0.05) is 36.4 Å². The molecule has 4 aromatic rings. The number of pyridine rings is 1. The fraction of sp³-hybridized carbons (Fsp3) is 0.143. The first-order valence-electron chi connectivity index (χ1n) is 8.55. The molecule has 0 amide bonds. The van der Waals surface area contributed by atoms with Crippen molar-refractivity contribution >= 4 is 32.3 Å². The Balaban J connectivity index is 1.55. The van der Waals surface area contributed by atoms with Gasteiger partial charge in [-0.05, 0) is 44.9 Å². The minimum atomic E-state index is -0.0511. The number of hydrogen-bond acceptors (Lipinski definition) is 2. The summed E-state index contributed by atoms with van der Waals surface area (Å²) < 4.78 is 2.42. The van der Waals surface area contributed by atoms with E-state index in [1.54, 1.807) is 16.7 Å². The molecule has 26 heavy (non-hydrogen) atoms. The van der Waals surface area contributed by atoms with E-state index in [2.05, 4.69) is 70.4 Å². The van der Waals surface area contributed by atoms with Crippen molar-refractivity contribution in [1.82, 2.24) is 9.38 Å². The topological polar surface area (TPSA) is 38.8 Å². The SMILES string of the molecule is C[NH+](Cc1ccc2ccccc2c1)Cc1cc(=O)n2cc(Br)ccc2n1. The summed E-state index contributed by atoms with van der Waals surface area (Å²) >= 11 is 3.39. The molecule has 0 saturated carbocycles. The molecule has 0 fully saturated rings. The van der Waals surface area contributed by atoms with Crippen LogP contribution in [0.4, 0.5) is 0 Å². The normalized spacial score (nSPS) is 12.5. The molecule has 1 N–H and O–H groups in total. The van der Waals surface area contributed by atoms with E-state index in [-0.39, 0.29) is 5.56 Å². The van der Waals surface area contributed by atoms with Crippen LogP contribution in [-0.4, -0.2) is 16.4 Å². The molecule has 5 heteroatoms. The minimum absolute atomic E-state index is 0.0511. The average molecular weight is 409 g/mol. The molecule has 4 nitrogen and oxygen atoms in total. The zero-order valence-corrected chi connectivity index (χ0v) is 16.0. The number of benzene rings is 2. The van der Waals surface area contributed by atoms with Crippen LogP contribution in [0, 0.1) is 0 Å². The molecule has 0 aliphatic heterocycles. The Kier molecular flexibility index (Phi) is 4.57. The fourth-order valence-electron chi connectivity index (χ4n) is 3.29. The maximum Gasteiger partial charge on any atom is 0.258 e. The first-order chi connectivity index (χ1) is 12.6. The fourth-order valence-corrected chi connectivity index (χ4v) is 3.62. The molecular formula is C21H19BrN3O+. The van der Waals surface area contributed by atoms with Crippen LogP contribution in [0.25, 0.3) is 16.4 Å². The summed E-state index contributed by atoms with van der Waals surface area (Å²) in [6.07, 6.45) is 1.75. The van der Waals surface area contributed by atoms with Gasteiger partial charge in [0, 0.05) is 22.3 Å². The number of nitrogens with zero attached hydrogens (tertiary/aromatic N) is 2. The van der Waals surface area contributed by atoms with Gasteiger partial charge in [0.25, 0.3) is 5.56 Å². The molecule has 2 aromatic carbocycles. The van der Waals surface area contributed by atoms with E-state index in [4.69, 9.17) is 0 Å². The molecule has 1 unspecified atom stereocenters. The van der Waals surface area contributed by atoms with Gasteiger partial charge in [-0.25, -0.2) is 4.98 Å². The predicted molar refractivity (Wildman–Crippen MR) is 107 cm³/mol. The molecule has 0 radical (unpaired) electrons. The molecule has 4 rings (SSSR count). The summed E-state index contributed by atoms with van der Waals surface area (Å²) in [6, 6.07) is 20.3. The van der Waals surface area contributed by atoms with Gasteiger partial charge in [0.1, 0.15) is 24.4 Å². The van der Waals surface area contributed by atoms with E-state index in [9.17, 15) is 4.79 Å². The average Bonchev–Trinajstić information content (AvgIpc) is 2.62. The highest BCUT2D eigenvalue weighted by Gasteiger charge is 2.10. The third kappa shape index (κ3) is 3.54. The van der Waals surface area contributed by atoms with Crippen molar-refractivity contribution in [2.75, 3.05) is 7.05 Å². The maximum absolute atomic E-state index is 12.3. The quantitative estimate of drug-likeness (QED) is 0.563. The van der Waals surface area contributed by atoms with Crippen LogP contribution in [0.15, 0.2) is 76.1 Å². The van der Waals surface area contributed by atoms with E-state index >= 15 is 0 Å². The number of nitrogens with one attached hydrogen (secondary N) is 1. The first kappa shape index (κ1) is 16.9. The van der Waals surface area contributed by atoms with Gasteiger partial charge in [0.05, 0.1) is 7.05 Å². The lowest BCUT2D eigenvalue weighted by Crippen LogP contribution is -3.06. The third-order valence-electron chi connectivity index (χ3n) is 4.48. The Bertz CT molecular complexity index is 1150. The summed E-state index contributed by atoms with van der Waals surface area (Å²) in [5.41, 5.74) is 2.72. The lowest BCUT2D eigenvalue weighted by atomic mass is 10.1. The molecule has 2 heterocycles. The molecule has 0 spiro atoms. The second-order valence-electron chi connectivity index (χ2n) is 6.65. The highest BCUT2D eigenvalue weighted by atomic mass is 79.9. The Morgan fingerprint density at radius 2 is 1.81 bits per heavy atom. The minimum Gasteiger partial charge on any atom is -0.329 e. The van der Waals surface area contributed by atoms with Gasteiger partial charge in [0.2, 0.25) is 0 Å². The molecular weight excluding hydrogens is 390 g/mol. The second-order valence-corrected chi connectivity index (χ2v) is 7.57. The molecule has 2 aromatic heterocycles. The van der Waals surface area contributed by atoms with Crippen LogP contribution in [0.3, 0.4) is 0 Å². The number of rotatable bonds is 4. The van der Waals surface area contributed by atoms with Crippen molar-refractivity contribution in [1.29, 1.82) is 0 Å². The molecule has 130 valence electrons. The van der Waals surface area contributed by atoms with E-state index in [0.717, 1.165) is 16.7 Å². The number of halogens is 1. The molecule has 0 bridgehead atoms. The predicted octanol–water partition coefficient (Wildman–Crippen LogP) is 2.83. The van der Waals surface area contributed by atoms with E-state index in [1.165, 1.54) is 21.2 Å².